The van der Waals surface area contributed by atoms with Gasteiger partial charge in [-0.15, -0.1) is 0 Å². The van der Waals surface area contributed by atoms with Crippen LogP contribution < -0.4 is 5.32 Å². The number of nitrogens with one attached hydrogen (secondary N) is 1. The SMILES string of the molecule is O=C(NCC1CC(O)C1)c1cc(F)c([N+](=O)[O-])cc1F. The molecule has 1 fully saturated rings. The lowest BCUT2D eigenvalue weighted by Gasteiger charge is -2.31. The molecular weight excluding hydrogens is 274 g/mol. The third kappa shape index (κ3) is 2.90. The van der Waals surface area contributed by atoms with Crippen LogP contribution in [0.15, 0.2) is 12.1 Å². The number of aliphatic hydroxyl groups excluding tert-OH is 1. The van der Waals surface area contributed by atoms with Crippen LogP contribution >= 0.6 is 0 Å². The van der Waals surface area contributed by atoms with Gasteiger partial charge >= 0.3 is 5.69 Å². The van der Waals surface area contributed by atoms with Crippen LogP contribution in [0.5, 0.6) is 0 Å². The van der Waals surface area contributed by atoms with E-state index in [1.807, 2.05) is 0 Å². The monoisotopic (exact) mass is 286 g/mol. The van der Waals surface area contributed by atoms with Gasteiger partial charge in [0.05, 0.1) is 22.7 Å². The Kier molecular flexibility index (Phi) is 3.93. The zero-order valence-electron chi connectivity index (χ0n) is 10.3. The van der Waals surface area contributed by atoms with E-state index in [9.17, 15) is 23.7 Å². The molecule has 1 amide bonds. The molecule has 1 aromatic carbocycles. The Labute approximate surface area is 112 Å². The van der Waals surface area contributed by atoms with Crippen LogP contribution in [0.25, 0.3) is 0 Å². The van der Waals surface area contributed by atoms with Crippen molar-refractivity contribution in [3.8, 4) is 0 Å². The molecule has 0 radical (unpaired) electrons. The van der Waals surface area contributed by atoms with Crippen molar-refractivity contribution in [3.05, 3.63) is 39.4 Å². The molecule has 1 aromatic rings. The van der Waals surface area contributed by atoms with Gasteiger partial charge in [0.2, 0.25) is 5.82 Å². The number of carbonyl (C=O) groups excluding carboxylic acids is 1. The Morgan fingerprint density at radius 2 is 2.05 bits per heavy atom. The van der Waals surface area contributed by atoms with Gasteiger partial charge in [-0.2, -0.15) is 4.39 Å². The van der Waals surface area contributed by atoms with Gasteiger partial charge in [-0.05, 0) is 24.8 Å². The number of benzene rings is 1. The number of carbonyl (C=O) groups is 1. The lowest BCUT2D eigenvalue weighted by atomic mass is 9.82. The number of amides is 1. The van der Waals surface area contributed by atoms with Crippen molar-refractivity contribution in [1.29, 1.82) is 0 Å². The largest absolute Gasteiger partial charge is 0.393 e. The molecule has 2 N–H and O–H groups in total. The fraction of sp³-hybridized carbons (Fsp3) is 0.417. The van der Waals surface area contributed by atoms with Gasteiger partial charge in [0.25, 0.3) is 5.91 Å². The van der Waals surface area contributed by atoms with Crippen LogP contribution in [0, 0.1) is 27.7 Å². The first-order valence-corrected chi connectivity index (χ1v) is 5.98. The molecule has 0 bridgehead atoms. The maximum Gasteiger partial charge on any atom is 0.307 e. The smallest absolute Gasteiger partial charge is 0.307 e. The maximum atomic E-state index is 13.6. The highest BCUT2D eigenvalue weighted by Crippen LogP contribution is 2.26. The highest BCUT2D eigenvalue weighted by atomic mass is 19.1. The van der Waals surface area contributed by atoms with E-state index >= 15 is 0 Å². The van der Waals surface area contributed by atoms with Crippen molar-refractivity contribution >= 4 is 11.6 Å². The fourth-order valence-corrected chi connectivity index (χ4v) is 2.05. The quantitative estimate of drug-likeness (QED) is 0.646. The van der Waals surface area contributed by atoms with E-state index in [-0.39, 0.29) is 18.6 Å². The molecule has 1 saturated carbocycles. The predicted octanol–water partition coefficient (Wildman–Crippen LogP) is 1.37. The Morgan fingerprint density at radius 1 is 1.40 bits per heavy atom. The Bertz CT molecular complexity index is 559. The minimum Gasteiger partial charge on any atom is -0.393 e. The average molecular weight is 286 g/mol. The standard InChI is InChI=1S/C12H12F2N2O4/c13-9-4-11(16(19)20)10(14)3-8(9)12(18)15-5-6-1-7(17)2-6/h3-4,6-7,17H,1-2,5H2,(H,15,18). The van der Waals surface area contributed by atoms with Gasteiger partial charge in [-0.1, -0.05) is 0 Å². The summed E-state index contributed by atoms with van der Waals surface area (Å²) in [7, 11) is 0. The van der Waals surface area contributed by atoms with Crippen LogP contribution in [0.2, 0.25) is 0 Å². The molecule has 1 aliphatic carbocycles. The van der Waals surface area contributed by atoms with E-state index in [0.717, 1.165) is 0 Å². The predicted molar refractivity (Wildman–Crippen MR) is 64.1 cm³/mol. The van der Waals surface area contributed by atoms with Gasteiger partial charge in [0, 0.05) is 6.54 Å². The minimum atomic E-state index is -1.26. The second-order valence-electron chi connectivity index (χ2n) is 4.74. The maximum absolute atomic E-state index is 13.6. The van der Waals surface area contributed by atoms with E-state index in [2.05, 4.69) is 5.32 Å². The highest BCUT2D eigenvalue weighted by molar-refractivity contribution is 5.94. The number of nitro groups is 1. The zero-order valence-corrected chi connectivity index (χ0v) is 10.3. The first-order valence-electron chi connectivity index (χ1n) is 5.98. The van der Waals surface area contributed by atoms with Gasteiger partial charge in [0.15, 0.2) is 0 Å². The summed E-state index contributed by atoms with van der Waals surface area (Å²) in [4.78, 5) is 21.0. The summed E-state index contributed by atoms with van der Waals surface area (Å²) in [6.45, 7) is 0.244. The number of halogens is 2. The summed E-state index contributed by atoms with van der Waals surface area (Å²) in [5, 5.41) is 21.9. The van der Waals surface area contributed by atoms with Crippen molar-refractivity contribution in [2.75, 3.05) is 6.54 Å². The number of aliphatic hydroxyl groups is 1. The van der Waals surface area contributed by atoms with E-state index in [1.165, 1.54) is 0 Å². The van der Waals surface area contributed by atoms with Crippen molar-refractivity contribution in [2.45, 2.75) is 18.9 Å². The Balaban J connectivity index is 2.06. The molecular formula is C12H12F2N2O4. The van der Waals surface area contributed by atoms with Crippen LogP contribution in [0.4, 0.5) is 14.5 Å². The van der Waals surface area contributed by atoms with Gasteiger partial charge in [-0.3, -0.25) is 14.9 Å². The molecule has 0 aliphatic heterocycles. The molecule has 0 spiro atoms. The summed E-state index contributed by atoms with van der Waals surface area (Å²) in [6.07, 6.45) is 0.736. The van der Waals surface area contributed by atoms with Crippen LogP contribution in [-0.4, -0.2) is 28.6 Å². The number of rotatable bonds is 4. The summed E-state index contributed by atoms with van der Waals surface area (Å²) in [5.41, 5.74) is -1.59. The van der Waals surface area contributed by atoms with E-state index in [1.54, 1.807) is 0 Å². The number of nitro benzene ring substituents is 1. The second kappa shape index (κ2) is 5.49. The number of nitrogens with zero attached hydrogens (tertiary/aromatic N) is 1. The van der Waals surface area contributed by atoms with Gasteiger partial charge < -0.3 is 10.4 Å². The van der Waals surface area contributed by atoms with E-state index < -0.39 is 33.7 Å². The lowest BCUT2D eigenvalue weighted by Crippen LogP contribution is -2.38. The Hall–Kier alpha value is -2.09. The average Bonchev–Trinajstić information content (AvgIpc) is 2.34. The summed E-state index contributed by atoms with van der Waals surface area (Å²) >= 11 is 0. The van der Waals surface area contributed by atoms with Crippen molar-refractivity contribution < 1.29 is 23.6 Å². The first kappa shape index (κ1) is 14.3. The van der Waals surface area contributed by atoms with Gasteiger partial charge in [0.1, 0.15) is 5.82 Å². The fourth-order valence-electron chi connectivity index (χ4n) is 2.05. The van der Waals surface area contributed by atoms with Gasteiger partial charge in [-0.25, -0.2) is 4.39 Å². The Morgan fingerprint density at radius 3 is 2.60 bits per heavy atom. The minimum absolute atomic E-state index is 0.111. The van der Waals surface area contributed by atoms with Crippen molar-refractivity contribution in [2.24, 2.45) is 5.92 Å². The molecule has 0 aromatic heterocycles. The summed E-state index contributed by atoms with van der Waals surface area (Å²) in [6, 6.07) is 0.899. The van der Waals surface area contributed by atoms with Crippen molar-refractivity contribution in [3.63, 3.8) is 0 Å². The third-order valence-corrected chi connectivity index (χ3v) is 3.24. The highest BCUT2D eigenvalue weighted by Gasteiger charge is 2.28. The molecule has 6 nitrogen and oxygen atoms in total. The van der Waals surface area contributed by atoms with E-state index in [0.29, 0.717) is 25.0 Å². The third-order valence-electron chi connectivity index (χ3n) is 3.24. The molecule has 0 atom stereocenters. The number of hydrogen-bond acceptors (Lipinski definition) is 4. The molecule has 20 heavy (non-hydrogen) atoms. The molecule has 2 rings (SSSR count). The molecule has 1 aliphatic rings. The second-order valence-corrected chi connectivity index (χ2v) is 4.74. The first-order chi connectivity index (χ1) is 9.38. The summed E-state index contributed by atoms with van der Waals surface area (Å²) < 4.78 is 26.9. The zero-order chi connectivity index (χ0) is 14.9. The lowest BCUT2D eigenvalue weighted by molar-refractivity contribution is -0.387. The molecule has 0 unspecified atom stereocenters. The van der Waals surface area contributed by atoms with Crippen LogP contribution in [-0.2, 0) is 0 Å². The topological polar surface area (TPSA) is 92.5 Å². The molecule has 108 valence electrons. The molecule has 8 heteroatoms. The summed E-state index contributed by atoms with van der Waals surface area (Å²) in [5.74, 6) is -3.14. The number of hydrogen-bond donors (Lipinski definition) is 2. The normalized spacial score (nSPS) is 21.1. The molecule has 0 heterocycles. The van der Waals surface area contributed by atoms with E-state index in [4.69, 9.17) is 5.11 Å². The van der Waals surface area contributed by atoms with Crippen LogP contribution in [0.3, 0.4) is 0 Å². The van der Waals surface area contributed by atoms with Crippen LogP contribution in [0.1, 0.15) is 23.2 Å². The van der Waals surface area contributed by atoms with Crippen molar-refractivity contribution in [1.82, 2.24) is 5.32 Å². The molecule has 0 saturated heterocycles.